The lowest BCUT2D eigenvalue weighted by molar-refractivity contribution is 0.687. The summed E-state index contributed by atoms with van der Waals surface area (Å²) < 4.78 is 1.95. The van der Waals surface area contributed by atoms with Gasteiger partial charge in [-0.2, -0.15) is 16.9 Å². The molecule has 1 atom stereocenters. The van der Waals surface area contributed by atoms with Crippen LogP contribution in [0.3, 0.4) is 0 Å². The lowest BCUT2D eigenvalue weighted by Gasteiger charge is -2.16. The van der Waals surface area contributed by atoms with Crippen molar-refractivity contribution in [2.24, 2.45) is 5.92 Å². The molecule has 3 nitrogen and oxygen atoms in total. The fourth-order valence-corrected chi connectivity index (χ4v) is 3.19. The summed E-state index contributed by atoms with van der Waals surface area (Å²) in [7, 11) is 0. The highest BCUT2D eigenvalue weighted by Gasteiger charge is 2.04. The van der Waals surface area contributed by atoms with Gasteiger partial charge in [-0.15, -0.1) is 0 Å². The third kappa shape index (κ3) is 5.84. The zero-order valence-corrected chi connectivity index (χ0v) is 13.9. The van der Waals surface area contributed by atoms with Crippen molar-refractivity contribution in [1.82, 2.24) is 9.78 Å². The predicted octanol–water partition coefficient (Wildman–Crippen LogP) is 4.12. The van der Waals surface area contributed by atoms with Crippen molar-refractivity contribution in [3.8, 4) is 0 Å². The molecule has 0 unspecified atom stereocenters. The van der Waals surface area contributed by atoms with Gasteiger partial charge in [-0.25, -0.2) is 0 Å². The van der Waals surface area contributed by atoms with E-state index in [4.69, 9.17) is 0 Å². The second-order valence-electron chi connectivity index (χ2n) is 5.88. The molecule has 1 N–H and O–H groups in total. The molecule has 0 saturated carbocycles. The molecule has 1 aromatic heterocycles. The van der Waals surface area contributed by atoms with Gasteiger partial charge in [0.2, 0.25) is 0 Å². The summed E-state index contributed by atoms with van der Waals surface area (Å²) in [5, 5.41) is 7.84. The van der Waals surface area contributed by atoms with E-state index in [1.165, 1.54) is 17.0 Å². The Labute approximate surface area is 132 Å². The third-order valence-corrected chi connectivity index (χ3v) is 4.70. The van der Waals surface area contributed by atoms with Crippen LogP contribution in [0.15, 0.2) is 42.7 Å². The quantitative estimate of drug-likeness (QED) is 0.795. The summed E-state index contributed by atoms with van der Waals surface area (Å²) in [6.07, 6.45) is 3.81. The Morgan fingerprint density at radius 2 is 2.05 bits per heavy atom. The molecular weight excluding hydrogens is 278 g/mol. The van der Waals surface area contributed by atoms with E-state index in [9.17, 15) is 0 Å². The van der Waals surface area contributed by atoms with Crippen molar-refractivity contribution in [3.05, 3.63) is 48.3 Å². The van der Waals surface area contributed by atoms with Gasteiger partial charge in [0.1, 0.15) is 0 Å². The predicted molar refractivity (Wildman–Crippen MR) is 93.0 cm³/mol. The number of benzene rings is 1. The SMILES string of the molecule is CC(C)CSC[C@H](C)Nc1cccc(Cn2cccn2)c1. The van der Waals surface area contributed by atoms with Crippen molar-refractivity contribution >= 4 is 17.4 Å². The molecule has 0 saturated heterocycles. The van der Waals surface area contributed by atoms with Gasteiger partial charge in [0, 0.05) is 29.9 Å². The van der Waals surface area contributed by atoms with Gasteiger partial charge >= 0.3 is 0 Å². The van der Waals surface area contributed by atoms with Crippen LogP contribution in [0.4, 0.5) is 5.69 Å². The van der Waals surface area contributed by atoms with Crippen LogP contribution in [-0.2, 0) is 6.54 Å². The third-order valence-electron chi connectivity index (χ3n) is 3.06. The maximum absolute atomic E-state index is 4.25. The molecule has 0 aliphatic heterocycles. The normalized spacial score (nSPS) is 12.6. The molecule has 0 aliphatic rings. The first kappa shape index (κ1) is 16.0. The minimum absolute atomic E-state index is 0.480. The molecule has 0 aliphatic carbocycles. The van der Waals surface area contributed by atoms with E-state index in [0.29, 0.717) is 6.04 Å². The summed E-state index contributed by atoms with van der Waals surface area (Å²) in [5.41, 5.74) is 2.46. The first-order valence-corrected chi connectivity index (χ1v) is 8.69. The molecular formula is C17H25N3S. The van der Waals surface area contributed by atoms with Gasteiger partial charge in [0.05, 0.1) is 6.54 Å². The van der Waals surface area contributed by atoms with E-state index in [1.807, 2.05) is 34.9 Å². The van der Waals surface area contributed by atoms with Crippen molar-refractivity contribution in [1.29, 1.82) is 0 Å². The maximum atomic E-state index is 4.25. The molecule has 0 fully saturated rings. The van der Waals surface area contributed by atoms with Crippen molar-refractivity contribution < 1.29 is 0 Å². The standard InChI is InChI=1S/C17H25N3S/c1-14(2)12-21-13-15(3)19-17-7-4-6-16(10-17)11-20-9-5-8-18-20/h4-10,14-15,19H,11-13H2,1-3H3/t15-/m0/s1. The minimum atomic E-state index is 0.480. The van der Waals surface area contributed by atoms with Crippen molar-refractivity contribution in [2.75, 3.05) is 16.8 Å². The second kappa shape index (κ2) is 8.13. The van der Waals surface area contributed by atoms with Crippen LogP contribution in [0.2, 0.25) is 0 Å². The van der Waals surface area contributed by atoms with E-state index in [-0.39, 0.29) is 0 Å². The number of hydrogen-bond donors (Lipinski definition) is 1. The van der Waals surface area contributed by atoms with E-state index in [0.717, 1.165) is 18.2 Å². The van der Waals surface area contributed by atoms with Gasteiger partial charge in [-0.1, -0.05) is 26.0 Å². The van der Waals surface area contributed by atoms with E-state index < -0.39 is 0 Å². The number of aromatic nitrogens is 2. The first-order chi connectivity index (χ1) is 10.1. The van der Waals surface area contributed by atoms with Crippen molar-refractivity contribution in [3.63, 3.8) is 0 Å². The number of rotatable bonds is 8. The van der Waals surface area contributed by atoms with E-state index >= 15 is 0 Å². The number of hydrogen-bond acceptors (Lipinski definition) is 3. The number of nitrogens with zero attached hydrogens (tertiary/aromatic N) is 2. The summed E-state index contributed by atoms with van der Waals surface area (Å²) in [6, 6.07) is 11.0. The molecule has 0 amide bonds. The summed E-state index contributed by atoms with van der Waals surface area (Å²) in [6.45, 7) is 7.60. The summed E-state index contributed by atoms with van der Waals surface area (Å²) >= 11 is 2.02. The zero-order chi connectivity index (χ0) is 15.1. The lowest BCUT2D eigenvalue weighted by atomic mass is 10.2. The topological polar surface area (TPSA) is 29.9 Å². The second-order valence-corrected chi connectivity index (χ2v) is 6.96. The largest absolute Gasteiger partial charge is 0.382 e. The summed E-state index contributed by atoms with van der Waals surface area (Å²) in [4.78, 5) is 0. The van der Waals surface area contributed by atoms with Gasteiger partial charge in [0.15, 0.2) is 0 Å². The Morgan fingerprint density at radius 1 is 1.19 bits per heavy atom. The number of anilines is 1. The molecule has 4 heteroatoms. The van der Waals surface area contributed by atoms with Gasteiger partial charge in [-0.05, 0) is 42.4 Å². The Kier molecular flexibility index (Phi) is 6.18. The zero-order valence-electron chi connectivity index (χ0n) is 13.1. The van der Waals surface area contributed by atoms with E-state index in [2.05, 4.69) is 55.5 Å². The Balaban J connectivity index is 1.85. The molecule has 2 rings (SSSR count). The van der Waals surface area contributed by atoms with Crippen LogP contribution in [-0.4, -0.2) is 27.3 Å². The molecule has 1 aromatic carbocycles. The van der Waals surface area contributed by atoms with Crippen LogP contribution >= 0.6 is 11.8 Å². The fraction of sp³-hybridized carbons (Fsp3) is 0.471. The minimum Gasteiger partial charge on any atom is -0.382 e. The Morgan fingerprint density at radius 3 is 2.76 bits per heavy atom. The number of nitrogens with one attached hydrogen (secondary N) is 1. The molecule has 0 spiro atoms. The van der Waals surface area contributed by atoms with Gasteiger partial charge in [-0.3, -0.25) is 4.68 Å². The molecule has 21 heavy (non-hydrogen) atoms. The average Bonchev–Trinajstić information content (AvgIpc) is 2.91. The molecule has 1 heterocycles. The molecule has 0 bridgehead atoms. The molecule has 2 aromatic rings. The van der Waals surface area contributed by atoms with Gasteiger partial charge in [0.25, 0.3) is 0 Å². The van der Waals surface area contributed by atoms with Crippen molar-refractivity contribution in [2.45, 2.75) is 33.4 Å². The number of thioether (sulfide) groups is 1. The highest BCUT2D eigenvalue weighted by Crippen LogP contribution is 2.15. The molecule has 0 radical (unpaired) electrons. The van der Waals surface area contributed by atoms with Crippen LogP contribution in [0, 0.1) is 5.92 Å². The lowest BCUT2D eigenvalue weighted by Crippen LogP contribution is -2.18. The highest BCUT2D eigenvalue weighted by molar-refractivity contribution is 7.99. The average molecular weight is 303 g/mol. The molecule has 114 valence electrons. The smallest absolute Gasteiger partial charge is 0.0660 e. The Hall–Kier alpha value is -1.42. The monoisotopic (exact) mass is 303 g/mol. The van der Waals surface area contributed by atoms with Crippen LogP contribution in [0.5, 0.6) is 0 Å². The van der Waals surface area contributed by atoms with Gasteiger partial charge < -0.3 is 5.32 Å². The summed E-state index contributed by atoms with van der Waals surface area (Å²) in [5.74, 6) is 3.13. The Bertz CT molecular complexity index is 523. The fourth-order valence-electron chi connectivity index (χ4n) is 2.15. The maximum Gasteiger partial charge on any atom is 0.0660 e. The van der Waals surface area contributed by atoms with Crippen LogP contribution < -0.4 is 5.32 Å². The first-order valence-electron chi connectivity index (χ1n) is 7.54. The van der Waals surface area contributed by atoms with E-state index in [1.54, 1.807) is 0 Å². The highest BCUT2D eigenvalue weighted by atomic mass is 32.2. The van der Waals surface area contributed by atoms with Crippen LogP contribution in [0.1, 0.15) is 26.3 Å². The van der Waals surface area contributed by atoms with Crippen LogP contribution in [0.25, 0.3) is 0 Å².